The predicted octanol–water partition coefficient (Wildman–Crippen LogP) is 15.8. The Morgan fingerprint density at radius 2 is 0.862 bits per heavy atom. The van der Waals surface area contributed by atoms with Crippen molar-refractivity contribution in [3.8, 4) is 16.8 Å². The van der Waals surface area contributed by atoms with Gasteiger partial charge in [0.2, 0.25) is 0 Å². The summed E-state index contributed by atoms with van der Waals surface area (Å²) in [4.78, 5) is 4.76. The van der Waals surface area contributed by atoms with Crippen molar-refractivity contribution in [2.45, 2.75) is 0 Å². The molecule has 4 heteroatoms. The van der Waals surface area contributed by atoms with Crippen molar-refractivity contribution < 1.29 is 0 Å². The summed E-state index contributed by atoms with van der Waals surface area (Å²) in [5.41, 5.74) is 12.5. The molecule has 0 aliphatic heterocycles. The molecule has 11 rings (SSSR count). The van der Waals surface area contributed by atoms with Crippen molar-refractivity contribution in [1.29, 1.82) is 0 Å². The van der Waals surface area contributed by atoms with E-state index in [1.165, 1.54) is 53.1 Å². The molecule has 2 aromatic heterocycles. The second-order valence-electron chi connectivity index (χ2n) is 14.6. The molecule has 0 spiro atoms. The van der Waals surface area contributed by atoms with E-state index in [2.05, 4.69) is 239 Å². The number of hydrogen-bond donors (Lipinski definition) is 0. The quantitative estimate of drug-likeness (QED) is 0.153. The second kappa shape index (κ2) is 14.3. The average molecular weight is 760 g/mol. The summed E-state index contributed by atoms with van der Waals surface area (Å²) >= 11 is 1.85. The fourth-order valence-corrected chi connectivity index (χ4v) is 9.68. The van der Waals surface area contributed by atoms with E-state index in [4.69, 9.17) is 0 Å². The van der Waals surface area contributed by atoms with Crippen LogP contribution < -0.4 is 9.80 Å². The number of para-hydroxylation sites is 4. The third-order valence-corrected chi connectivity index (χ3v) is 12.3. The smallest absolute Gasteiger partial charge is 0.0554 e. The van der Waals surface area contributed by atoms with Gasteiger partial charge >= 0.3 is 0 Å². The lowest BCUT2D eigenvalue weighted by molar-refractivity contribution is 1.18. The van der Waals surface area contributed by atoms with Crippen LogP contribution in [0.2, 0.25) is 0 Å². The van der Waals surface area contributed by atoms with Crippen molar-refractivity contribution in [2.75, 3.05) is 9.80 Å². The van der Waals surface area contributed by atoms with E-state index in [0.29, 0.717) is 0 Å². The molecule has 0 fully saturated rings. The minimum Gasteiger partial charge on any atom is -0.310 e. The van der Waals surface area contributed by atoms with Gasteiger partial charge in [-0.1, -0.05) is 127 Å². The van der Waals surface area contributed by atoms with Gasteiger partial charge < -0.3 is 14.4 Å². The molecule has 0 aliphatic rings. The topological polar surface area (TPSA) is 11.4 Å². The van der Waals surface area contributed by atoms with Gasteiger partial charge in [-0.25, -0.2) is 0 Å². The number of anilines is 6. The summed E-state index contributed by atoms with van der Waals surface area (Å²) in [6.45, 7) is 0. The zero-order chi connectivity index (χ0) is 38.4. The highest BCUT2D eigenvalue weighted by Gasteiger charge is 2.21. The Hall–Kier alpha value is -7.40. The number of thiophene rings is 1. The van der Waals surface area contributed by atoms with E-state index in [0.717, 1.165) is 39.8 Å². The van der Waals surface area contributed by atoms with Crippen LogP contribution in [0.3, 0.4) is 0 Å². The Bertz CT molecular complexity index is 3180. The Morgan fingerprint density at radius 3 is 1.60 bits per heavy atom. The molecule has 0 aliphatic carbocycles. The van der Waals surface area contributed by atoms with E-state index >= 15 is 0 Å². The number of hydrogen-bond acceptors (Lipinski definition) is 3. The summed E-state index contributed by atoms with van der Waals surface area (Å²) < 4.78 is 4.95. The van der Waals surface area contributed by atoms with Crippen LogP contribution in [0.15, 0.2) is 224 Å². The number of fused-ring (bicyclic) bond motifs is 6. The van der Waals surface area contributed by atoms with Crippen molar-refractivity contribution in [3.63, 3.8) is 0 Å². The van der Waals surface area contributed by atoms with Gasteiger partial charge in [0.15, 0.2) is 0 Å². The Morgan fingerprint density at radius 1 is 0.328 bits per heavy atom. The molecule has 0 saturated heterocycles. The lowest BCUT2D eigenvalue weighted by Crippen LogP contribution is -2.13. The van der Waals surface area contributed by atoms with E-state index in [1.54, 1.807) is 0 Å². The zero-order valence-corrected chi connectivity index (χ0v) is 32.4. The molecule has 0 bridgehead atoms. The van der Waals surface area contributed by atoms with Gasteiger partial charge in [-0.3, -0.25) is 0 Å². The van der Waals surface area contributed by atoms with Crippen LogP contribution in [-0.4, -0.2) is 4.57 Å². The summed E-state index contributed by atoms with van der Waals surface area (Å²) in [5.74, 6) is 0. The van der Waals surface area contributed by atoms with Gasteiger partial charge in [-0.15, -0.1) is 11.3 Å². The molecule has 11 aromatic rings. The molecule has 0 N–H and O–H groups in total. The highest BCUT2D eigenvalue weighted by Crippen LogP contribution is 2.46. The van der Waals surface area contributed by atoms with E-state index in [1.807, 2.05) is 11.3 Å². The molecular formula is C54H37N3S. The van der Waals surface area contributed by atoms with E-state index in [9.17, 15) is 0 Å². The summed E-state index contributed by atoms with van der Waals surface area (Å²) in [5, 5.41) is 5.05. The van der Waals surface area contributed by atoms with Crippen molar-refractivity contribution in [3.05, 3.63) is 224 Å². The van der Waals surface area contributed by atoms with Crippen molar-refractivity contribution >= 4 is 87.4 Å². The first-order valence-electron chi connectivity index (χ1n) is 19.7. The lowest BCUT2D eigenvalue weighted by atomic mass is 10.0. The van der Waals surface area contributed by atoms with Crippen LogP contribution >= 0.6 is 11.3 Å². The second-order valence-corrected chi connectivity index (χ2v) is 15.7. The number of aromatic nitrogens is 1. The van der Waals surface area contributed by atoms with Gasteiger partial charge in [-0.2, -0.15) is 0 Å². The monoisotopic (exact) mass is 759 g/mol. The van der Waals surface area contributed by atoms with Gasteiger partial charge in [0.25, 0.3) is 0 Å². The first-order chi connectivity index (χ1) is 28.8. The van der Waals surface area contributed by atoms with Crippen LogP contribution in [0.5, 0.6) is 0 Å². The van der Waals surface area contributed by atoms with Crippen LogP contribution in [0.25, 0.3) is 58.8 Å². The largest absolute Gasteiger partial charge is 0.310 e. The normalized spacial score (nSPS) is 11.4. The molecule has 0 unspecified atom stereocenters. The third kappa shape index (κ3) is 5.82. The molecule has 274 valence electrons. The van der Waals surface area contributed by atoms with Crippen LogP contribution in [-0.2, 0) is 0 Å². The number of benzene rings is 9. The number of nitrogens with zero attached hydrogens (tertiary/aromatic N) is 3. The first kappa shape index (κ1) is 33.9. The maximum absolute atomic E-state index is 2.43. The standard InChI is InChI=1S/C54H37N3S/c1-4-16-40(17-5-1)55(41-18-6-2-7-19-41)44-22-14-23-45(37-44)56(50-27-15-29-53-54(50)48-25-11-13-28-52(48)58-53)43-33-30-38(31-34-43)39-32-35-47-46-24-10-12-26-49(46)57(51(47)36-39)42-20-8-3-9-21-42/h1-37H. The maximum atomic E-state index is 2.43. The molecular weight excluding hydrogens is 723 g/mol. The van der Waals surface area contributed by atoms with Gasteiger partial charge in [0.1, 0.15) is 0 Å². The Balaban J connectivity index is 1.07. The molecule has 3 nitrogen and oxygen atoms in total. The predicted molar refractivity (Wildman–Crippen MR) is 248 cm³/mol. The molecule has 58 heavy (non-hydrogen) atoms. The minimum absolute atomic E-state index is 1.08. The van der Waals surface area contributed by atoms with Gasteiger partial charge in [0, 0.05) is 65.1 Å². The molecule has 2 heterocycles. The van der Waals surface area contributed by atoms with Crippen LogP contribution in [0.1, 0.15) is 0 Å². The van der Waals surface area contributed by atoms with E-state index in [-0.39, 0.29) is 0 Å². The third-order valence-electron chi connectivity index (χ3n) is 11.1. The molecule has 0 saturated carbocycles. The summed E-state index contributed by atoms with van der Waals surface area (Å²) in [6, 6.07) is 81.0. The zero-order valence-electron chi connectivity index (χ0n) is 31.6. The Kier molecular flexibility index (Phi) is 8.34. The maximum Gasteiger partial charge on any atom is 0.0554 e. The van der Waals surface area contributed by atoms with Gasteiger partial charge in [-0.05, 0) is 108 Å². The highest BCUT2D eigenvalue weighted by atomic mass is 32.1. The average Bonchev–Trinajstić information content (AvgIpc) is 3.84. The fourth-order valence-electron chi connectivity index (χ4n) is 8.55. The van der Waals surface area contributed by atoms with Crippen LogP contribution in [0, 0.1) is 0 Å². The highest BCUT2D eigenvalue weighted by molar-refractivity contribution is 7.26. The van der Waals surface area contributed by atoms with Gasteiger partial charge in [0.05, 0.1) is 16.7 Å². The fraction of sp³-hybridized carbons (Fsp3) is 0. The molecule has 0 radical (unpaired) electrons. The summed E-state index contributed by atoms with van der Waals surface area (Å²) in [7, 11) is 0. The minimum atomic E-state index is 1.08. The van der Waals surface area contributed by atoms with Crippen LogP contribution in [0.4, 0.5) is 34.1 Å². The number of rotatable bonds is 8. The molecule has 9 aromatic carbocycles. The SMILES string of the molecule is c1ccc(N(c2ccccc2)c2cccc(N(c3ccc(-c4ccc5c6ccccc6n(-c6ccccc6)c5c4)cc3)c3cccc4sc5ccccc5c34)c2)cc1. The van der Waals surface area contributed by atoms with Crippen molar-refractivity contribution in [1.82, 2.24) is 4.57 Å². The first-order valence-corrected chi connectivity index (χ1v) is 20.5. The van der Waals surface area contributed by atoms with Crippen molar-refractivity contribution in [2.24, 2.45) is 0 Å². The molecule has 0 amide bonds. The van der Waals surface area contributed by atoms with E-state index < -0.39 is 0 Å². The Labute approximate surface area is 341 Å². The summed E-state index contributed by atoms with van der Waals surface area (Å²) in [6.07, 6.45) is 0. The molecule has 0 atom stereocenters. The lowest BCUT2D eigenvalue weighted by Gasteiger charge is -2.30.